The maximum atomic E-state index is 12.8. The van der Waals surface area contributed by atoms with Crippen LogP contribution < -0.4 is 9.62 Å². The zero-order chi connectivity index (χ0) is 21.3. The Balaban J connectivity index is 1.46. The zero-order valence-corrected chi connectivity index (χ0v) is 17.8. The Morgan fingerprint density at radius 3 is 2.60 bits per heavy atom. The lowest BCUT2D eigenvalue weighted by molar-refractivity contribution is -0.118. The lowest BCUT2D eigenvalue weighted by Crippen LogP contribution is -2.27. The molecule has 0 fully saturated rings. The minimum Gasteiger partial charge on any atom is -0.312 e. The summed E-state index contributed by atoms with van der Waals surface area (Å²) in [6.07, 6.45) is 4.72. The summed E-state index contributed by atoms with van der Waals surface area (Å²) in [5.74, 6) is 0.941. The van der Waals surface area contributed by atoms with Crippen molar-refractivity contribution in [2.75, 3.05) is 11.4 Å². The topological polar surface area (TPSA) is 84.3 Å². The van der Waals surface area contributed by atoms with Crippen LogP contribution in [-0.4, -0.2) is 30.4 Å². The van der Waals surface area contributed by atoms with E-state index in [0.717, 1.165) is 28.3 Å². The molecule has 3 aromatic rings. The first-order chi connectivity index (χ1) is 14.4. The molecule has 1 amide bonds. The number of carbonyl (C=O) groups is 1. The third-order valence-electron chi connectivity index (χ3n) is 5.37. The number of aryl methyl sites for hydroxylation is 1. The first-order valence-corrected chi connectivity index (χ1v) is 11.4. The first kappa shape index (κ1) is 20.3. The van der Waals surface area contributed by atoms with Crippen LogP contribution in [0, 0.1) is 6.92 Å². The number of aromatic nitrogens is 2. The molecule has 4 rings (SSSR count). The second-order valence-corrected chi connectivity index (χ2v) is 9.04. The predicted molar refractivity (Wildman–Crippen MR) is 115 cm³/mol. The number of rotatable bonds is 6. The molecule has 0 saturated carbocycles. The average Bonchev–Trinajstić information content (AvgIpc) is 3.38. The molecule has 0 radical (unpaired) electrons. The Hall–Kier alpha value is -2.97. The highest BCUT2D eigenvalue weighted by Gasteiger charge is 2.25. The number of benzene rings is 2. The van der Waals surface area contributed by atoms with Gasteiger partial charge in [-0.15, -0.1) is 0 Å². The van der Waals surface area contributed by atoms with Crippen molar-refractivity contribution in [3.05, 3.63) is 71.8 Å². The molecule has 8 heteroatoms. The molecule has 1 N–H and O–H groups in total. The van der Waals surface area contributed by atoms with Gasteiger partial charge in [0.05, 0.1) is 4.90 Å². The van der Waals surface area contributed by atoms with Gasteiger partial charge in [0.1, 0.15) is 5.82 Å². The van der Waals surface area contributed by atoms with Crippen LogP contribution in [0.2, 0.25) is 0 Å². The third-order valence-corrected chi connectivity index (χ3v) is 6.77. The fourth-order valence-electron chi connectivity index (χ4n) is 3.68. The van der Waals surface area contributed by atoms with Crippen molar-refractivity contribution in [1.29, 1.82) is 0 Å². The molecule has 0 bridgehead atoms. The lowest BCUT2D eigenvalue weighted by Gasteiger charge is -2.16. The van der Waals surface area contributed by atoms with Crippen molar-refractivity contribution < 1.29 is 13.2 Å². The molecule has 0 atom stereocenters. The first-order valence-electron chi connectivity index (χ1n) is 9.91. The molecule has 0 spiro atoms. The largest absolute Gasteiger partial charge is 0.312 e. The number of amides is 1. The maximum absolute atomic E-state index is 12.8. The number of imidazole rings is 1. The molecular weight excluding hydrogens is 400 g/mol. The summed E-state index contributed by atoms with van der Waals surface area (Å²) in [6, 6.07) is 12.6. The van der Waals surface area contributed by atoms with Crippen molar-refractivity contribution in [3.8, 4) is 5.69 Å². The minimum atomic E-state index is -3.65. The highest BCUT2D eigenvalue weighted by molar-refractivity contribution is 7.89. The maximum Gasteiger partial charge on any atom is 0.240 e. The summed E-state index contributed by atoms with van der Waals surface area (Å²) in [4.78, 5) is 18.2. The van der Waals surface area contributed by atoms with E-state index in [1.54, 1.807) is 29.3 Å². The van der Waals surface area contributed by atoms with Crippen LogP contribution >= 0.6 is 0 Å². The molecular formula is C22H24N4O3S. The van der Waals surface area contributed by atoms with Crippen molar-refractivity contribution in [3.63, 3.8) is 0 Å². The number of carbonyl (C=O) groups excluding carboxylic acids is 1. The van der Waals surface area contributed by atoms with Crippen LogP contribution in [-0.2, 0) is 27.8 Å². The summed E-state index contributed by atoms with van der Waals surface area (Å²) < 4.78 is 30.2. The number of hydrogen-bond donors (Lipinski definition) is 1. The molecule has 0 unspecified atom stereocenters. The van der Waals surface area contributed by atoms with Crippen LogP contribution in [0.5, 0.6) is 0 Å². The predicted octanol–water partition coefficient (Wildman–Crippen LogP) is 2.96. The smallest absolute Gasteiger partial charge is 0.240 e. The minimum absolute atomic E-state index is 0.0526. The Labute approximate surface area is 176 Å². The Kier molecular flexibility index (Phi) is 5.44. The standard InChI is InChI=1S/C22H24N4O3S/c1-3-22(27)26-12-10-18-14-20(8-9-21(18)26)30(28,29)24-15-17-4-6-19(7-5-17)25-13-11-23-16(25)2/h4-9,11,13-14,24H,3,10,12,15H2,1-2H3. The number of hydrogen-bond acceptors (Lipinski definition) is 4. The van der Waals surface area contributed by atoms with Gasteiger partial charge in [0.15, 0.2) is 0 Å². The van der Waals surface area contributed by atoms with Crippen LogP contribution in [0.25, 0.3) is 5.69 Å². The second-order valence-electron chi connectivity index (χ2n) is 7.27. The van der Waals surface area contributed by atoms with Crippen LogP contribution in [0.4, 0.5) is 5.69 Å². The molecule has 1 aliphatic heterocycles. The van der Waals surface area contributed by atoms with Crippen LogP contribution in [0.1, 0.15) is 30.3 Å². The normalized spacial score (nSPS) is 13.5. The third kappa shape index (κ3) is 3.88. The SMILES string of the molecule is CCC(=O)N1CCc2cc(S(=O)(=O)NCc3ccc(-n4ccnc4C)cc3)ccc21. The van der Waals surface area contributed by atoms with Crippen molar-refractivity contribution >= 4 is 21.6 Å². The molecule has 30 heavy (non-hydrogen) atoms. The summed E-state index contributed by atoms with van der Waals surface area (Å²) in [5, 5.41) is 0. The van der Waals surface area contributed by atoms with Gasteiger partial charge in [0.2, 0.25) is 15.9 Å². The van der Waals surface area contributed by atoms with Crippen molar-refractivity contribution in [1.82, 2.24) is 14.3 Å². The van der Waals surface area contributed by atoms with E-state index in [0.29, 0.717) is 19.4 Å². The fourth-order valence-corrected chi connectivity index (χ4v) is 4.75. The van der Waals surface area contributed by atoms with E-state index in [2.05, 4.69) is 9.71 Å². The van der Waals surface area contributed by atoms with Gasteiger partial charge in [-0.3, -0.25) is 4.79 Å². The van der Waals surface area contributed by atoms with Crippen LogP contribution in [0.3, 0.4) is 0 Å². The van der Waals surface area contributed by atoms with Gasteiger partial charge in [-0.1, -0.05) is 19.1 Å². The highest BCUT2D eigenvalue weighted by Crippen LogP contribution is 2.30. The number of anilines is 1. The second kappa shape index (κ2) is 8.04. The summed E-state index contributed by atoms with van der Waals surface area (Å²) in [5.41, 5.74) is 3.54. The Morgan fingerprint density at radius 1 is 1.17 bits per heavy atom. The quantitative estimate of drug-likeness (QED) is 0.659. The summed E-state index contributed by atoms with van der Waals surface area (Å²) >= 11 is 0. The van der Waals surface area contributed by atoms with Gasteiger partial charge in [-0.2, -0.15) is 0 Å². The van der Waals surface area contributed by atoms with E-state index in [1.807, 2.05) is 48.9 Å². The number of nitrogens with one attached hydrogen (secondary N) is 1. The van der Waals surface area contributed by atoms with Crippen molar-refractivity contribution in [2.45, 2.75) is 38.1 Å². The van der Waals surface area contributed by atoms with E-state index in [4.69, 9.17) is 0 Å². The lowest BCUT2D eigenvalue weighted by atomic mass is 10.2. The molecule has 156 valence electrons. The Morgan fingerprint density at radius 2 is 1.93 bits per heavy atom. The molecule has 2 aromatic carbocycles. The van der Waals surface area contributed by atoms with E-state index >= 15 is 0 Å². The van der Waals surface area contributed by atoms with Gasteiger partial charge >= 0.3 is 0 Å². The van der Waals surface area contributed by atoms with Crippen molar-refractivity contribution in [2.24, 2.45) is 0 Å². The van der Waals surface area contributed by atoms with E-state index in [-0.39, 0.29) is 17.3 Å². The summed E-state index contributed by atoms with van der Waals surface area (Å²) in [7, 11) is -3.65. The monoisotopic (exact) mass is 424 g/mol. The Bertz CT molecular complexity index is 1180. The van der Waals surface area contributed by atoms with Crippen LogP contribution in [0.15, 0.2) is 59.8 Å². The molecule has 0 aliphatic carbocycles. The average molecular weight is 425 g/mol. The van der Waals surface area contributed by atoms with Gasteiger partial charge in [-0.05, 0) is 54.8 Å². The molecule has 1 aliphatic rings. The van der Waals surface area contributed by atoms with E-state index in [1.165, 1.54) is 0 Å². The van der Waals surface area contributed by atoms with Gasteiger partial charge in [-0.25, -0.2) is 18.1 Å². The van der Waals surface area contributed by atoms with Gasteiger partial charge < -0.3 is 9.47 Å². The number of sulfonamides is 1. The molecule has 2 heterocycles. The molecule has 1 aromatic heterocycles. The fraction of sp³-hybridized carbons (Fsp3) is 0.273. The number of fused-ring (bicyclic) bond motifs is 1. The molecule has 0 saturated heterocycles. The zero-order valence-electron chi connectivity index (χ0n) is 17.0. The van der Waals surface area contributed by atoms with Gasteiger partial charge in [0.25, 0.3) is 0 Å². The highest BCUT2D eigenvalue weighted by atomic mass is 32.2. The number of nitrogens with zero attached hydrogens (tertiary/aromatic N) is 3. The van der Waals surface area contributed by atoms with E-state index in [9.17, 15) is 13.2 Å². The van der Waals surface area contributed by atoms with Gasteiger partial charge in [0, 0.05) is 43.3 Å². The summed E-state index contributed by atoms with van der Waals surface area (Å²) in [6.45, 7) is 4.55. The molecule has 7 nitrogen and oxygen atoms in total. The van der Waals surface area contributed by atoms with E-state index < -0.39 is 10.0 Å².